The van der Waals surface area contributed by atoms with Crippen LogP contribution in [0.2, 0.25) is 0 Å². The molecule has 0 aromatic rings. The Morgan fingerprint density at radius 2 is 2.25 bits per heavy atom. The van der Waals surface area contributed by atoms with E-state index in [4.69, 9.17) is 5.11 Å². The molecule has 1 saturated carbocycles. The third-order valence-corrected chi connectivity index (χ3v) is 2.90. The zero-order chi connectivity index (χ0) is 8.97. The van der Waals surface area contributed by atoms with E-state index in [0.29, 0.717) is 5.92 Å². The predicted molar refractivity (Wildman–Crippen MR) is 48.0 cm³/mol. The van der Waals surface area contributed by atoms with Gasteiger partial charge in [-0.15, -0.1) is 0 Å². The lowest BCUT2D eigenvalue weighted by atomic mass is 9.74. The topological polar surface area (TPSA) is 37.3 Å². The zero-order valence-electron chi connectivity index (χ0n) is 7.75. The first kappa shape index (κ1) is 9.56. The van der Waals surface area contributed by atoms with E-state index in [9.17, 15) is 4.79 Å². The van der Waals surface area contributed by atoms with E-state index >= 15 is 0 Å². The molecule has 0 spiro atoms. The Balaban J connectivity index is 2.32. The largest absolute Gasteiger partial charge is 0.481 e. The summed E-state index contributed by atoms with van der Waals surface area (Å²) in [6.07, 6.45) is 6.57. The standard InChI is InChI=1S/C10H18O2/c1-2-3-7-9(10(11)12)8-5-4-6-8/h8-9H,2-7H2,1H3,(H,11,12). The molecule has 0 aliphatic heterocycles. The van der Waals surface area contributed by atoms with Crippen LogP contribution >= 0.6 is 0 Å². The molecule has 0 saturated heterocycles. The Morgan fingerprint density at radius 1 is 1.58 bits per heavy atom. The molecule has 0 radical (unpaired) electrons. The summed E-state index contributed by atoms with van der Waals surface area (Å²) < 4.78 is 0. The van der Waals surface area contributed by atoms with Gasteiger partial charge in [0.25, 0.3) is 0 Å². The smallest absolute Gasteiger partial charge is 0.306 e. The second kappa shape index (κ2) is 4.48. The summed E-state index contributed by atoms with van der Waals surface area (Å²) in [6, 6.07) is 0. The Labute approximate surface area is 74.0 Å². The lowest BCUT2D eigenvalue weighted by molar-refractivity contribution is -0.145. The lowest BCUT2D eigenvalue weighted by Crippen LogP contribution is -2.28. The molecule has 0 aromatic heterocycles. The van der Waals surface area contributed by atoms with Crippen LogP contribution in [0.25, 0.3) is 0 Å². The van der Waals surface area contributed by atoms with Crippen molar-refractivity contribution in [2.24, 2.45) is 11.8 Å². The minimum absolute atomic E-state index is 0.0429. The van der Waals surface area contributed by atoms with Crippen LogP contribution in [0.5, 0.6) is 0 Å². The van der Waals surface area contributed by atoms with Crippen molar-refractivity contribution in [2.75, 3.05) is 0 Å². The van der Waals surface area contributed by atoms with Crippen molar-refractivity contribution < 1.29 is 9.90 Å². The van der Waals surface area contributed by atoms with Crippen molar-refractivity contribution in [2.45, 2.75) is 45.4 Å². The van der Waals surface area contributed by atoms with Gasteiger partial charge in [-0.3, -0.25) is 4.79 Å². The molecule has 1 atom stereocenters. The molecule has 0 heterocycles. The molecule has 2 nitrogen and oxygen atoms in total. The zero-order valence-corrected chi connectivity index (χ0v) is 7.75. The van der Waals surface area contributed by atoms with Gasteiger partial charge in [-0.2, -0.15) is 0 Å². The third-order valence-electron chi connectivity index (χ3n) is 2.90. The first-order chi connectivity index (χ1) is 5.75. The Kier molecular flexibility index (Phi) is 3.57. The van der Waals surface area contributed by atoms with Crippen molar-refractivity contribution in [3.05, 3.63) is 0 Å². The molecule has 1 aliphatic rings. The normalized spacial score (nSPS) is 20.1. The summed E-state index contributed by atoms with van der Waals surface area (Å²) in [7, 11) is 0. The lowest BCUT2D eigenvalue weighted by Gasteiger charge is -2.31. The summed E-state index contributed by atoms with van der Waals surface area (Å²) in [5.74, 6) is -0.124. The van der Waals surface area contributed by atoms with Crippen molar-refractivity contribution in [3.63, 3.8) is 0 Å². The average molecular weight is 170 g/mol. The van der Waals surface area contributed by atoms with Crippen molar-refractivity contribution in [3.8, 4) is 0 Å². The fourth-order valence-corrected chi connectivity index (χ4v) is 1.83. The van der Waals surface area contributed by atoms with Gasteiger partial charge in [0.2, 0.25) is 0 Å². The van der Waals surface area contributed by atoms with Gasteiger partial charge in [-0.1, -0.05) is 26.2 Å². The fourth-order valence-electron chi connectivity index (χ4n) is 1.83. The maximum atomic E-state index is 10.8. The number of aliphatic carboxylic acids is 1. The maximum Gasteiger partial charge on any atom is 0.306 e. The number of carboxylic acid groups (broad SMARTS) is 1. The first-order valence-electron chi connectivity index (χ1n) is 4.98. The van der Waals surface area contributed by atoms with Crippen LogP contribution < -0.4 is 0 Å². The second-order valence-corrected chi connectivity index (χ2v) is 3.78. The van der Waals surface area contributed by atoms with Crippen LogP contribution in [-0.4, -0.2) is 11.1 Å². The third kappa shape index (κ3) is 2.23. The van der Waals surface area contributed by atoms with E-state index in [2.05, 4.69) is 6.92 Å². The molecular formula is C10H18O2. The van der Waals surface area contributed by atoms with Gasteiger partial charge in [0.05, 0.1) is 5.92 Å². The first-order valence-corrected chi connectivity index (χ1v) is 4.98. The number of rotatable bonds is 5. The Hall–Kier alpha value is -0.530. The summed E-state index contributed by atoms with van der Waals surface area (Å²) in [5.41, 5.74) is 0. The quantitative estimate of drug-likeness (QED) is 0.688. The highest BCUT2D eigenvalue weighted by atomic mass is 16.4. The molecule has 70 valence electrons. The van der Waals surface area contributed by atoms with E-state index < -0.39 is 5.97 Å². The average Bonchev–Trinajstić information content (AvgIpc) is 1.93. The molecule has 1 aliphatic carbocycles. The second-order valence-electron chi connectivity index (χ2n) is 3.78. The van der Waals surface area contributed by atoms with Crippen LogP contribution in [0, 0.1) is 11.8 Å². The molecule has 0 aromatic carbocycles. The van der Waals surface area contributed by atoms with E-state index in [1.54, 1.807) is 0 Å². The summed E-state index contributed by atoms with van der Waals surface area (Å²) in [4.78, 5) is 10.8. The van der Waals surface area contributed by atoms with Crippen LogP contribution in [0.1, 0.15) is 45.4 Å². The summed E-state index contributed by atoms with van der Waals surface area (Å²) in [5, 5.41) is 8.94. The number of carbonyl (C=O) groups is 1. The van der Waals surface area contributed by atoms with Gasteiger partial charge in [-0.05, 0) is 25.2 Å². The SMILES string of the molecule is CCCCC(C(=O)O)C1CCC1. The number of unbranched alkanes of at least 4 members (excludes halogenated alkanes) is 1. The van der Waals surface area contributed by atoms with Gasteiger partial charge < -0.3 is 5.11 Å². The Morgan fingerprint density at radius 3 is 2.58 bits per heavy atom. The minimum Gasteiger partial charge on any atom is -0.481 e. The van der Waals surface area contributed by atoms with Crippen molar-refractivity contribution in [1.29, 1.82) is 0 Å². The van der Waals surface area contributed by atoms with E-state index in [1.165, 1.54) is 6.42 Å². The van der Waals surface area contributed by atoms with E-state index in [0.717, 1.165) is 32.1 Å². The minimum atomic E-state index is -0.576. The molecule has 1 fully saturated rings. The maximum absolute atomic E-state index is 10.8. The molecule has 1 N–H and O–H groups in total. The van der Waals surface area contributed by atoms with Crippen LogP contribution in [0.3, 0.4) is 0 Å². The van der Waals surface area contributed by atoms with Gasteiger partial charge in [0.1, 0.15) is 0 Å². The van der Waals surface area contributed by atoms with E-state index in [1.807, 2.05) is 0 Å². The number of carboxylic acids is 1. The highest BCUT2D eigenvalue weighted by molar-refractivity contribution is 5.70. The molecule has 12 heavy (non-hydrogen) atoms. The van der Waals surface area contributed by atoms with Gasteiger partial charge in [-0.25, -0.2) is 0 Å². The molecular weight excluding hydrogens is 152 g/mol. The van der Waals surface area contributed by atoms with Crippen LogP contribution in [-0.2, 0) is 4.79 Å². The number of hydrogen-bond donors (Lipinski definition) is 1. The van der Waals surface area contributed by atoms with Gasteiger partial charge in [0, 0.05) is 0 Å². The predicted octanol–water partition coefficient (Wildman–Crippen LogP) is 2.68. The highest BCUT2D eigenvalue weighted by Gasteiger charge is 2.31. The molecule has 0 bridgehead atoms. The summed E-state index contributed by atoms with van der Waals surface area (Å²) >= 11 is 0. The monoisotopic (exact) mass is 170 g/mol. The molecule has 1 unspecified atom stereocenters. The number of hydrogen-bond acceptors (Lipinski definition) is 1. The molecule has 0 amide bonds. The molecule has 1 rings (SSSR count). The molecule has 2 heteroatoms. The highest BCUT2D eigenvalue weighted by Crippen LogP contribution is 2.36. The van der Waals surface area contributed by atoms with E-state index in [-0.39, 0.29) is 5.92 Å². The summed E-state index contributed by atoms with van der Waals surface area (Å²) in [6.45, 7) is 2.11. The van der Waals surface area contributed by atoms with Crippen molar-refractivity contribution in [1.82, 2.24) is 0 Å². The Bertz CT molecular complexity index is 150. The fraction of sp³-hybridized carbons (Fsp3) is 0.900. The van der Waals surface area contributed by atoms with Gasteiger partial charge in [0.15, 0.2) is 0 Å². The van der Waals surface area contributed by atoms with Gasteiger partial charge >= 0.3 is 5.97 Å². The van der Waals surface area contributed by atoms with Crippen LogP contribution in [0.4, 0.5) is 0 Å². The van der Waals surface area contributed by atoms with Crippen LogP contribution in [0.15, 0.2) is 0 Å². The van der Waals surface area contributed by atoms with Crippen molar-refractivity contribution >= 4 is 5.97 Å².